The third-order valence-electron chi connectivity index (χ3n) is 3.07. The van der Waals surface area contributed by atoms with Crippen molar-refractivity contribution in [1.29, 1.82) is 0 Å². The summed E-state index contributed by atoms with van der Waals surface area (Å²) in [5.74, 6) is 0. The van der Waals surface area contributed by atoms with Crippen LogP contribution in [0.5, 0.6) is 0 Å². The fourth-order valence-corrected chi connectivity index (χ4v) is 2.20. The third kappa shape index (κ3) is 5.70. The van der Waals surface area contributed by atoms with Crippen molar-refractivity contribution in [3.05, 3.63) is 33.3 Å². The minimum atomic E-state index is 0.618. The van der Waals surface area contributed by atoms with Crippen molar-refractivity contribution in [2.24, 2.45) is 0 Å². The van der Waals surface area contributed by atoms with Crippen molar-refractivity contribution in [3.8, 4) is 0 Å². The first kappa shape index (κ1) is 16.0. The average molecular weight is 334 g/mol. The van der Waals surface area contributed by atoms with Crippen molar-refractivity contribution in [3.63, 3.8) is 0 Å². The second kappa shape index (κ2) is 8.16. The Balaban J connectivity index is 2.24. The van der Waals surface area contributed by atoms with Crippen LogP contribution < -0.4 is 5.32 Å². The lowest BCUT2D eigenvalue weighted by Gasteiger charge is -2.20. The number of halogens is 2. The zero-order chi connectivity index (χ0) is 13.5. The fraction of sp³-hybridized carbons (Fsp3) is 0.571. The summed E-state index contributed by atoms with van der Waals surface area (Å²) in [6.07, 6.45) is 1.16. The van der Waals surface area contributed by atoms with E-state index in [0.717, 1.165) is 35.6 Å². The Morgan fingerprint density at radius 2 is 2.11 bits per heavy atom. The predicted molar refractivity (Wildman–Crippen MR) is 83.2 cm³/mol. The van der Waals surface area contributed by atoms with Crippen LogP contribution in [0.25, 0.3) is 0 Å². The van der Waals surface area contributed by atoms with Crippen LogP contribution in [0.1, 0.15) is 25.8 Å². The SMILES string of the molecule is CC(C)N(C)CCCNCc1cc(Cl)ccc1Br. The summed E-state index contributed by atoms with van der Waals surface area (Å²) in [5, 5.41) is 4.24. The van der Waals surface area contributed by atoms with E-state index in [0.29, 0.717) is 6.04 Å². The molecule has 1 aromatic carbocycles. The van der Waals surface area contributed by atoms with E-state index in [2.05, 4.69) is 47.0 Å². The van der Waals surface area contributed by atoms with Gasteiger partial charge in [0.1, 0.15) is 0 Å². The predicted octanol–water partition coefficient (Wildman–Crippen LogP) is 3.92. The molecule has 1 aromatic rings. The summed E-state index contributed by atoms with van der Waals surface area (Å²) in [6.45, 7) is 7.44. The molecule has 0 bridgehead atoms. The van der Waals surface area contributed by atoms with Gasteiger partial charge in [-0.1, -0.05) is 27.5 Å². The van der Waals surface area contributed by atoms with Gasteiger partial charge in [0, 0.05) is 22.1 Å². The Hall–Kier alpha value is -0.0900. The van der Waals surface area contributed by atoms with Gasteiger partial charge >= 0.3 is 0 Å². The van der Waals surface area contributed by atoms with Crippen molar-refractivity contribution in [2.75, 3.05) is 20.1 Å². The molecule has 102 valence electrons. The van der Waals surface area contributed by atoms with Gasteiger partial charge in [-0.25, -0.2) is 0 Å². The summed E-state index contributed by atoms with van der Waals surface area (Å²) in [4.78, 5) is 2.36. The minimum absolute atomic E-state index is 0.618. The Morgan fingerprint density at radius 3 is 2.78 bits per heavy atom. The quantitative estimate of drug-likeness (QED) is 0.761. The van der Waals surface area contributed by atoms with Crippen LogP contribution in [0.2, 0.25) is 5.02 Å². The van der Waals surface area contributed by atoms with Crippen molar-refractivity contribution < 1.29 is 0 Å². The summed E-state index contributed by atoms with van der Waals surface area (Å²) < 4.78 is 1.11. The van der Waals surface area contributed by atoms with E-state index < -0.39 is 0 Å². The maximum absolute atomic E-state index is 5.98. The second-order valence-corrected chi connectivity index (χ2v) is 6.13. The molecular weight excluding hydrogens is 312 g/mol. The Labute approximate surface area is 124 Å². The molecule has 0 unspecified atom stereocenters. The standard InChI is InChI=1S/C14H22BrClN2/c1-11(2)18(3)8-4-7-17-10-12-9-13(16)5-6-14(12)15/h5-6,9,11,17H,4,7-8,10H2,1-3H3. The van der Waals surface area contributed by atoms with Crippen molar-refractivity contribution in [1.82, 2.24) is 10.2 Å². The summed E-state index contributed by atoms with van der Waals surface area (Å²) >= 11 is 9.51. The number of nitrogens with zero attached hydrogens (tertiary/aromatic N) is 1. The first-order valence-electron chi connectivity index (χ1n) is 6.35. The van der Waals surface area contributed by atoms with Crippen LogP contribution in [0.3, 0.4) is 0 Å². The normalized spacial score (nSPS) is 11.5. The van der Waals surface area contributed by atoms with Gasteiger partial charge in [-0.15, -0.1) is 0 Å². The van der Waals surface area contributed by atoms with Crippen LogP contribution in [0.15, 0.2) is 22.7 Å². The lowest BCUT2D eigenvalue weighted by Crippen LogP contribution is -2.29. The molecule has 0 aliphatic heterocycles. The highest BCUT2D eigenvalue weighted by atomic mass is 79.9. The van der Waals surface area contributed by atoms with Gasteiger partial charge in [0.2, 0.25) is 0 Å². The number of benzene rings is 1. The van der Waals surface area contributed by atoms with E-state index in [1.165, 1.54) is 5.56 Å². The molecule has 0 aliphatic carbocycles. The van der Waals surface area contributed by atoms with Gasteiger partial charge in [0.05, 0.1) is 0 Å². The van der Waals surface area contributed by atoms with Crippen LogP contribution >= 0.6 is 27.5 Å². The van der Waals surface area contributed by atoms with E-state index in [1.54, 1.807) is 0 Å². The topological polar surface area (TPSA) is 15.3 Å². The molecule has 0 aromatic heterocycles. The first-order valence-corrected chi connectivity index (χ1v) is 7.52. The first-order chi connectivity index (χ1) is 8.50. The van der Waals surface area contributed by atoms with Gasteiger partial charge in [-0.3, -0.25) is 0 Å². The zero-order valence-corrected chi connectivity index (χ0v) is 13.7. The molecule has 1 N–H and O–H groups in total. The average Bonchev–Trinajstić information content (AvgIpc) is 2.32. The van der Waals surface area contributed by atoms with Crippen molar-refractivity contribution >= 4 is 27.5 Å². The fourth-order valence-electron chi connectivity index (χ4n) is 1.61. The van der Waals surface area contributed by atoms with E-state index in [9.17, 15) is 0 Å². The molecule has 18 heavy (non-hydrogen) atoms. The Morgan fingerprint density at radius 1 is 1.39 bits per heavy atom. The lowest BCUT2D eigenvalue weighted by atomic mass is 10.2. The van der Waals surface area contributed by atoms with Crippen LogP contribution in [0.4, 0.5) is 0 Å². The summed E-state index contributed by atoms with van der Waals surface area (Å²) in [6, 6.07) is 6.50. The largest absolute Gasteiger partial charge is 0.313 e. The highest BCUT2D eigenvalue weighted by Crippen LogP contribution is 2.20. The molecule has 0 spiro atoms. The van der Waals surface area contributed by atoms with Crippen LogP contribution in [-0.2, 0) is 6.54 Å². The van der Waals surface area contributed by atoms with Crippen LogP contribution in [0, 0.1) is 0 Å². The molecule has 0 saturated carbocycles. The maximum atomic E-state index is 5.98. The van der Waals surface area contributed by atoms with E-state index in [-0.39, 0.29) is 0 Å². The van der Waals surface area contributed by atoms with Gasteiger partial charge in [0.25, 0.3) is 0 Å². The lowest BCUT2D eigenvalue weighted by molar-refractivity contribution is 0.269. The van der Waals surface area contributed by atoms with Gasteiger partial charge in [-0.05, 0) is 64.2 Å². The highest BCUT2D eigenvalue weighted by molar-refractivity contribution is 9.10. The van der Waals surface area contributed by atoms with Gasteiger partial charge < -0.3 is 10.2 Å². The number of rotatable bonds is 7. The molecule has 0 fully saturated rings. The molecule has 0 amide bonds. The maximum Gasteiger partial charge on any atom is 0.0410 e. The Bertz CT molecular complexity index is 369. The monoisotopic (exact) mass is 332 g/mol. The molecule has 0 atom stereocenters. The van der Waals surface area contributed by atoms with E-state index >= 15 is 0 Å². The number of hydrogen-bond acceptors (Lipinski definition) is 2. The van der Waals surface area contributed by atoms with Crippen LogP contribution in [-0.4, -0.2) is 31.1 Å². The molecule has 0 saturated heterocycles. The van der Waals surface area contributed by atoms with Crippen molar-refractivity contribution in [2.45, 2.75) is 32.9 Å². The molecular formula is C14H22BrClN2. The highest BCUT2D eigenvalue weighted by Gasteiger charge is 2.03. The molecule has 1 rings (SSSR count). The molecule has 0 heterocycles. The van der Waals surface area contributed by atoms with E-state index in [1.807, 2.05) is 18.2 Å². The summed E-state index contributed by atoms with van der Waals surface area (Å²) in [5.41, 5.74) is 1.21. The molecule has 4 heteroatoms. The minimum Gasteiger partial charge on any atom is -0.313 e. The molecule has 0 radical (unpaired) electrons. The zero-order valence-electron chi connectivity index (χ0n) is 11.3. The van der Waals surface area contributed by atoms with E-state index in [4.69, 9.17) is 11.6 Å². The molecule has 0 aliphatic rings. The molecule has 2 nitrogen and oxygen atoms in total. The third-order valence-corrected chi connectivity index (χ3v) is 4.08. The number of nitrogens with one attached hydrogen (secondary N) is 1. The Kier molecular flexibility index (Phi) is 7.23. The number of hydrogen-bond donors (Lipinski definition) is 1. The smallest absolute Gasteiger partial charge is 0.0410 e. The van der Waals surface area contributed by atoms with Gasteiger partial charge in [0.15, 0.2) is 0 Å². The summed E-state index contributed by atoms with van der Waals surface area (Å²) in [7, 11) is 2.16. The second-order valence-electron chi connectivity index (χ2n) is 4.84. The van der Waals surface area contributed by atoms with Gasteiger partial charge in [-0.2, -0.15) is 0 Å².